The van der Waals surface area contributed by atoms with E-state index in [4.69, 9.17) is 30.5 Å². The summed E-state index contributed by atoms with van der Waals surface area (Å²) in [5.41, 5.74) is 11.4. The van der Waals surface area contributed by atoms with Crippen LogP contribution < -0.4 is 16.4 Å². The number of nitrogens with zero attached hydrogens (tertiary/aromatic N) is 4. The zero-order valence-corrected chi connectivity index (χ0v) is 20.4. The van der Waals surface area contributed by atoms with Crippen LogP contribution in [0.2, 0.25) is 0 Å². The van der Waals surface area contributed by atoms with Crippen LogP contribution in [0.5, 0.6) is 0 Å². The number of rotatable bonds is 8. The lowest BCUT2D eigenvalue weighted by molar-refractivity contribution is -0.140. The number of aromatic nitrogens is 1. The van der Waals surface area contributed by atoms with Gasteiger partial charge in [0.2, 0.25) is 0 Å². The van der Waals surface area contributed by atoms with Crippen molar-refractivity contribution >= 4 is 23.6 Å². The Morgan fingerprint density at radius 1 is 1.30 bits per heavy atom. The maximum Gasteiger partial charge on any atom is 0.437 e. The summed E-state index contributed by atoms with van der Waals surface area (Å²) in [6.45, 7) is 4.95. The lowest BCUT2D eigenvalue weighted by atomic mass is 10.0. The minimum atomic E-state index is -1.05. The van der Waals surface area contributed by atoms with Crippen molar-refractivity contribution in [3.05, 3.63) is 47.7 Å². The molecular formula is C24H28F2N6O5. The van der Waals surface area contributed by atoms with Crippen molar-refractivity contribution in [1.29, 1.82) is 0 Å². The quantitative estimate of drug-likeness (QED) is 0.233. The zero-order chi connectivity index (χ0) is 26.6. The monoisotopic (exact) mass is 518 g/mol. The standard InChI is InChI=1S/C24H28F2N6O5/c1-24(2)35-13-17(37-24)6-7-36-31-16-10-32(11-16)21-19(25)8-15(9-29-21)18-5-3-4-14(20(18)26)12-34-23(33)30-22(27)28/h3-5,8-9,17H,6-7,10-13H2,1-2H3,(H4,27,28,30,33). The van der Waals surface area contributed by atoms with Gasteiger partial charge < -0.3 is 35.4 Å². The fourth-order valence-corrected chi connectivity index (χ4v) is 3.83. The number of anilines is 1. The number of amides is 1. The maximum absolute atomic E-state index is 15.0. The van der Waals surface area contributed by atoms with Crippen LogP contribution in [0.25, 0.3) is 11.1 Å². The van der Waals surface area contributed by atoms with Gasteiger partial charge in [-0.25, -0.2) is 18.6 Å². The van der Waals surface area contributed by atoms with Crippen LogP contribution in [0.3, 0.4) is 0 Å². The van der Waals surface area contributed by atoms with Crippen molar-refractivity contribution in [2.45, 2.75) is 38.8 Å². The average molecular weight is 519 g/mol. The third kappa shape index (κ3) is 6.68. The molecule has 0 spiro atoms. The summed E-state index contributed by atoms with van der Waals surface area (Å²) >= 11 is 0. The van der Waals surface area contributed by atoms with Crippen LogP contribution in [-0.4, -0.2) is 60.9 Å². The van der Waals surface area contributed by atoms with Gasteiger partial charge >= 0.3 is 6.09 Å². The number of nitrogens with two attached hydrogens (primary N) is 2. The molecule has 2 aromatic rings. The molecule has 1 atom stereocenters. The molecule has 1 amide bonds. The van der Waals surface area contributed by atoms with Crippen LogP contribution in [-0.2, 0) is 25.7 Å². The van der Waals surface area contributed by atoms with Crippen LogP contribution in [0.15, 0.2) is 40.6 Å². The van der Waals surface area contributed by atoms with Gasteiger partial charge in [0.05, 0.1) is 31.5 Å². The molecule has 2 aliphatic rings. The molecule has 1 aromatic heterocycles. The molecule has 2 aliphatic heterocycles. The molecule has 11 nitrogen and oxygen atoms in total. The summed E-state index contributed by atoms with van der Waals surface area (Å²) in [6, 6.07) is 5.66. The molecule has 1 aromatic carbocycles. The summed E-state index contributed by atoms with van der Waals surface area (Å²) in [7, 11) is 0. The number of guanidine groups is 1. The molecule has 0 aliphatic carbocycles. The molecule has 0 radical (unpaired) electrons. The molecule has 0 bridgehead atoms. The first-order valence-corrected chi connectivity index (χ1v) is 11.6. The minimum absolute atomic E-state index is 0.0323. The van der Waals surface area contributed by atoms with Crippen LogP contribution in [0.1, 0.15) is 25.8 Å². The van der Waals surface area contributed by atoms with Gasteiger partial charge in [0, 0.05) is 29.3 Å². The summed E-state index contributed by atoms with van der Waals surface area (Å²) in [5, 5.41) is 4.09. The topological polar surface area (TPSA) is 147 Å². The summed E-state index contributed by atoms with van der Waals surface area (Å²) in [4.78, 5) is 25.9. The van der Waals surface area contributed by atoms with Gasteiger partial charge in [-0.2, -0.15) is 0 Å². The number of carbonyl (C=O) groups excluding carboxylic acids is 1. The molecule has 0 saturated carbocycles. The van der Waals surface area contributed by atoms with E-state index in [2.05, 4.69) is 15.1 Å². The summed E-state index contributed by atoms with van der Waals surface area (Å²) in [6.07, 6.45) is 0.947. The van der Waals surface area contributed by atoms with E-state index in [-0.39, 0.29) is 28.6 Å². The van der Waals surface area contributed by atoms with E-state index in [0.29, 0.717) is 32.7 Å². The second-order valence-electron chi connectivity index (χ2n) is 8.99. The first kappa shape index (κ1) is 26.2. The Balaban J connectivity index is 1.31. The minimum Gasteiger partial charge on any atom is -0.443 e. The molecule has 198 valence electrons. The number of hydrogen-bond donors (Lipinski definition) is 2. The first-order chi connectivity index (χ1) is 17.6. The number of oxime groups is 1. The first-order valence-electron chi connectivity index (χ1n) is 11.6. The molecule has 2 saturated heterocycles. The molecule has 13 heteroatoms. The number of benzene rings is 1. The van der Waals surface area contributed by atoms with Gasteiger partial charge in [-0.3, -0.25) is 0 Å². The Labute approximate surface area is 212 Å². The van der Waals surface area contributed by atoms with Gasteiger partial charge in [-0.15, -0.1) is 4.99 Å². The molecule has 1 unspecified atom stereocenters. The Hall–Kier alpha value is -3.84. The lowest BCUT2D eigenvalue weighted by Crippen LogP contribution is -2.48. The average Bonchev–Trinajstić information content (AvgIpc) is 3.15. The van der Waals surface area contributed by atoms with Crippen molar-refractivity contribution in [1.82, 2.24) is 4.98 Å². The smallest absolute Gasteiger partial charge is 0.437 e. The second kappa shape index (κ2) is 11.0. The highest BCUT2D eigenvalue weighted by Crippen LogP contribution is 2.29. The molecule has 4 rings (SSSR count). The van der Waals surface area contributed by atoms with E-state index in [1.165, 1.54) is 24.4 Å². The van der Waals surface area contributed by atoms with Crippen LogP contribution >= 0.6 is 0 Å². The number of hydrogen-bond acceptors (Lipinski definition) is 8. The number of carbonyl (C=O) groups is 1. The predicted octanol–water partition coefficient (Wildman–Crippen LogP) is 2.67. The molecular weight excluding hydrogens is 490 g/mol. The normalized spacial score (nSPS) is 18.2. The van der Waals surface area contributed by atoms with Crippen LogP contribution in [0, 0.1) is 11.6 Å². The van der Waals surface area contributed by atoms with Gasteiger partial charge in [0.1, 0.15) is 19.0 Å². The van der Waals surface area contributed by atoms with Crippen molar-refractivity contribution in [2.24, 2.45) is 21.6 Å². The SMILES string of the molecule is CC1(C)OCC(CCON=C2CN(c3ncc(-c4cccc(COC(=O)N=C(N)N)c4F)cc3F)C2)O1. The van der Waals surface area contributed by atoms with Crippen molar-refractivity contribution in [3.63, 3.8) is 0 Å². The van der Waals surface area contributed by atoms with Gasteiger partial charge in [-0.05, 0) is 19.9 Å². The van der Waals surface area contributed by atoms with E-state index in [1.54, 1.807) is 11.0 Å². The van der Waals surface area contributed by atoms with Crippen molar-refractivity contribution in [2.75, 3.05) is 31.2 Å². The second-order valence-corrected chi connectivity index (χ2v) is 8.99. The van der Waals surface area contributed by atoms with Crippen LogP contribution in [0.4, 0.5) is 19.4 Å². The third-order valence-electron chi connectivity index (χ3n) is 5.62. The largest absolute Gasteiger partial charge is 0.443 e. The Morgan fingerprint density at radius 3 is 2.76 bits per heavy atom. The highest BCUT2D eigenvalue weighted by molar-refractivity contribution is 5.99. The summed E-state index contributed by atoms with van der Waals surface area (Å²) in [5.74, 6) is -2.20. The predicted molar refractivity (Wildman–Crippen MR) is 131 cm³/mol. The molecule has 37 heavy (non-hydrogen) atoms. The molecule has 4 N–H and O–H groups in total. The Kier molecular flexibility index (Phi) is 7.83. The third-order valence-corrected chi connectivity index (χ3v) is 5.62. The van der Waals surface area contributed by atoms with E-state index < -0.39 is 36.1 Å². The van der Waals surface area contributed by atoms with Crippen molar-refractivity contribution in [3.8, 4) is 11.1 Å². The fourth-order valence-electron chi connectivity index (χ4n) is 3.83. The highest BCUT2D eigenvalue weighted by Gasteiger charge is 2.32. The number of ether oxygens (including phenoxy) is 3. The van der Waals surface area contributed by atoms with E-state index in [1.807, 2.05) is 13.8 Å². The number of halogens is 2. The maximum atomic E-state index is 15.0. The van der Waals surface area contributed by atoms with Gasteiger partial charge in [-0.1, -0.05) is 23.4 Å². The lowest BCUT2D eigenvalue weighted by Gasteiger charge is -2.33. The summed E-state index contributed by atoms with van der Waals surface area (Å²) < 4.78 is 45.9. The van der Waals surface area contributed by atoms with Crippen molar-refractivity contribution < 1.29 is 32.6 Å². The van der Waals surface area contributed by atoms with Gasteiger partial charge in [0.25, 0.3) is 0 Å². The fraction of sp³-hybridized carbons (Fsp3) is 0.417. The number of pyridine rings is 1. The highest BCUT2D eigenvalue weighted by atomic mass is 19.1. The van der Waals surface area contributed by atoms with Gasteiger partial charge in [0.15, 0.2) is 23.4 Å². The van der Waals surface area contributed by atoms with E-state index in [9.17, 15) is 13.6 Å². The number of aliphatic imine (C=N–C) groups is 1. The zero-order valence-electron chi connectivity index (χ0n) is 20.4. The van der Waals surface area contributed by atoms with E-state index in [0.717, 1.165) is 5.71 Å². The Bertz CT molecular complexity index is 1210. The molecule has 2 fully saturated rings. The Morgan fingerprint density at radius 2 is 2.08 bits per heavy atom. The molecule has 3 heterocycles. The van der Waals surface area contributed by atoms with E-state index >= 15 is 0 Å².